The summed E-state index contributed by atoms with van der Waals surface area (Å²) in [5.74, 6) is -0.589. The van der Waals surface area contributed by atoms with Crippen LogP contribution in [0, 0.1) is 10.1 Å². The lowest BCUT2D eigenvalue weighted by Gasteiger charge is -2.29. The molecular formula is C34H34NO8P. The smallest absolute Gasteiger partial charge is 0.462 e. The lowest BCUT2D eigenvalue weighted by atomic mass is 9.85. The van der Waals surface area contributed by atoms with E-state index in [0.29, 0.717) is 21.9 Å². The van der Waals surface area contributed by atoms with Crippen LogP contribution in [0.4, 0.5) is 5.69 Å². The number of esters is 1. The van der Waals surface area contributed by atoms with Gasteiger partial charge in [-0.05, 0) is 84.6 Å². The minimum atomic E-state index is -4.29. The summed E-state index contributed by atoms with van der Waals surface area (Å²) in [6, 6.07) is 25.0. The third-order valence-electron chi connectivity index (χ3n) is 7.02. The Kier molecular flexibility index (Phi) is 9.13. The fourth-order valence-corrected chi connectivity index (χ4v) is 7.12. The van der Waals surface area contributed by atoms with Crippen molar-refractivity contribution in [3.63, 3.8) is 0 Å². The van der Waals surface area contributed by atoms with Gasteiger partial charge in [0.15, 0.2) is 0 Å². The first kappa shape index (κ1) is 31.3. The van der Waals surface area contributed by atoms with Crippen molar-refractivity contribution < 1.29 is 32.6 Å². The number of rotatable bonds is 11. The number of hydrogen-bond acceptors (Lipinski definition) is 8. The number of benzene rings is 5. The minimum absolute atomic E-state index is 0.122. The van der Waals surface area contributed by atoms with E-state index in [4.69, 9.17) is 18.3 Å². The fourth-order valence-electron chi connectivity index (χ4n) is 5.45. The van der Waals surface area contributed by atoms with E-state index in [1.165, 1.54) is 24.3 Å². The summed E-state index contributed by atoms with van der Waals surface area (Å²) in [6.45, 7) is 8.69. The molecule has 0 N–H and O–H groups in total. The average Bonchev–Trinajstić information content (AvgIpc) is 2.98. The Balaban J connectivity index is 1.94. The second kappa shape index (κ2) is 12.8. The molecule has 0 heterocycles. The molecule has 0 aliphatic heterocycles. The van der Waals surface area contributed by atoms with Gasteiger partial charge >= 0.3 is 13.8 Å². The van der Waals surface area contributed by atoms with Crippen LogP contribution in [-0.2, 0) is 22.9 Å². The third-order valence-corrected chi connectivity index (χ3v) is 8.85. The third kappa shape index (κ3) is 6.23. The number of hydrogen-bond donors (Lipinski definition) is 0. The van der Waals surface area contributed by atoms with E-state index in [1.54, 1.807) is 34.6 Å². The molecule has 0 aliphatic rings. The van der Waals surface area contributed by atoms with Crippen LogP contribution in [0.25, 0.3) is 32.3 Å². The van der Waals surface area contributed by atoms with Crippen LogP contribution in [0.3, 0.4) is 0 Å². The largest absolute Gasteiger partial charge is 0.476 e. The Morgan fingerprint density at radius 3 is 1.95 bits per heavy atom. The van der Waals surface area contributed by atoms with Gasteiger partial charge in [-0.25, -0.2) is 9.36 Å². The SMILES string of the molecule is CCOC(=O)c1c(C(OP(=O)(OC(C)C)OC(C)C)c2ccc([N+](=O)[O-])cc2)c2ccc3ccccc3c2c2ccccc12. The van der Waals surface area contributed by atoms with Crippen LogP contribution in [-0.4, -0.2) is 29.7 Å². The number of nitro benzene ring substituents is 1. The van der Waals surface area contributed by atoms with Crippen LogP contribution in [0.1, 0.15) is 62.2 Å². The zero-order valence-corrected chi connectivity index (χ0v) is 26.1. The number of carbonyl (C=O) groups excluding carboxylic acids is 1. The second-order valence-corrected chi connectivity index (χ2v) is 12.4. The first-order chi connectivity index (χ1) is 21.0. The molecule has 0 saturated carbocycles. The number of non-ortho nitro benzene ring substituents is 1. The molecule has 1 unspecified atom stereocenters. The molecular weight excluding hydrogens is 581 g/mol. The molecule has 0 aliphatic carbocycles. The van der Waals surface area contributed by atoms with Gasteiger partial charge in [0.05, 0.1) is 29.3 Å². The molecule has 0 aromatic heterocycles. The zero-order valence-electron chi connectivity index (χ0n) is 25.2. The molecule has 0 radical (unpaired) electrons. The first-order valence-electron chi connectivity index (χ1n) is 14.5. The van der Waals surface area contributed by atoms with Gasteiger partial charge in [-0.2, -0.15) is 0 Å². The van der Waals surface area contributed by atoms with E-state index in [1.807, 2.05) is 60.7 Å². The molecule has 0 fully saturated rings. The van der Waals surface area contributed by atoms with E-state index in [-0.39, 0.29) is 17.9 Å². The fraction of sp³-hybridized carbons (Fsp3) is 0.265. The van der Waals surface area contributed by atoms with Crippen molar-refractivity contribution in [1.29, 1.82) is 0 Å². The Hall–Kier alpha value is -4.14. The topological polar surface area (TPSA) is 114 Å². The maximum absolute atomic E-state index is 14.3. The molecule has 0 saturated heterocycles. The molecule has 5 aromatic carbocycles. The van der Waals surface area contributed by atoms with Crippen molar-refractivity contribution in [2.45, 2.75) is 52.9 Å². The van der Waals surface area contributed by atoms with Crippen molar-refractivity contribution in [1.82, 2.24) is 0 Å². The highest BCUT2D eigenvalue weighted by atomic mass is 31.2. The van der Waals surface area contributed by atoms with E-state index in [9.17, 15) is 19.5 Å². The molecule has 1 atom stereocenters. The van der Waals surface area contributed by atoms with Crippen molar-refractivity contribution in [3.05, 3.63) is 112 Å². The Labute approximate surface area is 255 Å². The summed E-state index contributed by atoms with van der Waals surface area (Å²) >= 11 is 0. The minimum Gasteiger partial charge on any atom is -0.462 e. The number of phosphoric ester groups is 1. The molecule has 0 bridgehead atoms. The van der Waals surface area contributed by atoms with Crippen LogP contribution >= 0.6 is 7.82 Å². The van der Waals surface area contributed by atoms with E-state index >= 15 is 0 Å². The Bertz CT molecular complexity index is 1890. The van der Waals surface area contributed by atoms with E-state index in [2.05, 4.69) is 0 Å². The number of nitrogens with zero attached hydrogens (tertiary/aromatic N) is 1. The zero-order chi connectivity index (χ0) is 31.6. The summed E-state index contributed by atoms with van der Waals surface area (Å²) in [4.78, 5) is 24.9. The number of nitro groups is 1. The summed E-state index contributed by atoms with van der Waals surface area (Å²) < 4.78 is 37.9. The maximum atomic E-state index is 14.3. The van der Waals surface area contributed by atoms with Crippen molar-refractivity contribution >= 4 is 51.8 Å². The van der Waals surface area contributed by atoms with Gasteiger partial charge in [0.1, 0.15) is 6.10 Å². The normalized spacial score (nSPS) is 12.8. The molecule has 5 aromatic rings. The summed E-state index contributed by atoms with van der Waals surface area (Å²) in [5, 5.41) is 16.4. The maximum Gasteiger partial charge on any atom is 0.476 e. The lowest BCUT2D eigenvalue weighted by Crippen LogP contribution is -2.18. The van der Waals surface area contributed by atoms with Gasteiger partial charge in [-0.15, -0.1) is 0 Å². The number of carbonyl (C=O) groups is 1. The van der Waals surface area contributed by atoms with Crippen LogP contribution in [0.15, 0.2) is 84.9 Å². The Morgan fingerprint density at radius 1 is 0.773 bits per heavy atom. The van der Waals surface area contributed by atoms with Gasteiger partial charge in [-0.1, -0.05) is 60.7 Å². The Morgan fingerprint density at radius 2 is 1.36 bits per heavy atom. The highest BCUT2D eigenvalue weighted by Crippen LogP contribution is 2.57. The van der Waals surface area contributed by atoms with Gasteiger partial charge in [0, 0.05) is 17.7 Å². The van der Waals surface area contributed by atoms with Gasteiger partial charge in [-0.3, -0.25) is 23.7 Å². The molecule has 5 rings (SSSR count). The summed E-state index contributed by atoms with van der Waals surface area (Å²) in [5.41, 5.74) is 0.893. The average molecular weight is 616 g/mol. The van der Waals surface area contributed by atoms with Crippen molar-refractivity contribution in [3.8, 4) is 0 Å². The van der Waals surface area contributed by atoms with Crippen LogP contribution < -0.4 is 0 Å². The van der Waals surface area contributed by atoms with Crippen molar-refractivity contribution in [2.24, 2.45) is 0 Å². The predicted molar refractivity (Wildman–Crippen MR) is 171 cm³/mol. The quantitative estimate of drug-likeness (QED) is 0.0475. The van der Waals surface area contributed by atoms with Gasteiger partial charge in [0.2, 0.25) is 0 Å². The van der Waals surface area contributed by atoms with E-state index < -0.39 is 37.0 Å². The van der Waals surface area contributed by atoms with Gasteiger partial charge in [0.25, 0.3) is 5.69 Å². The standard InChI is InChI=1S/C34H34NO8P/c1-6-40-34(36)32-28-14-10-9-13-27(28)30-26-12-8-7-11-23(26)17-20-29(30)31(32)33(24-15-18-25(19-16-24)35(37)38)43-44(39,41-21(2)3)42-22(4)5/h7-22,33H,6H2,1-5H3. The summed E-state index contributed by atoms with van der Waals surface area (Å²) in [7, 11) is -4.29. The molecule has 9 nitrogen and oxygen atoms in total. The highest BCUT2D eigenvalue weighted by molar-refractivity contribution is 7.48. The molecule has 10 heteroatoms. The number of phosphoric acid groups is 1. The predicted octanol–water partition coefficient (Wildman–Crippen LogP) is 9.30. The summed E-state index contributed by atoms with van der Waals surface area (Å²) in [6.07, 6.45) is -2.27. The molecule has 0 spiro atoms. The van der Waals surface area contributed by atoms with Crippen LogP contribution in [0.2, 0.25) is 0 Å². The monoisotopic (exact) mass is 615 g/mol. The van der Waals surface area contributed by atoms with Crippen molar-refractivity contribution in [2.75, 3.05) is 6.61 Å². The first-order valence-corrected chi connectivity index (χ1v) is 15.9. The molecule has 44 heavy (non-hydrogen) atoms. The van der Waals surface area contributed by atoms with Gasteiger partial charge < -0.3 is 4.74 Å². The molecule has 228 valence electrons. The number of ether oxygens (including phenoxy) is 1. The second-order valence-electron chi connectivity index (χ2n) is 10.9. The highest BCUT2D eigenvalue weighted by Gasteiger charge is 2.38. The molecule has 0 amide bonds. The van der Waals surface area contributed by atoms with Crippen LogP contribution in [0.5, 0.6) is 0 Å². The lowest BCUT2D eigenvalue weighted by molar-refractivity contribution is -0.384. The number of fused-ring (bicyclic) bond motifs is 5. The van der Waals surface area contributed by atoms with E-state index in [0.717, 1.165) is 21.5 Å².